The van der Waals surface area contributed by atoms with Gasteiger partial charge in [-0.05, 0) is 44.0 Å². The average Bonchev–Trinajstić information content (AvgIpc) is 2.57. The molecule has 0 fully saturated rings. The molecule has 0 heterocycles. The predicted octanol–water partition coefficient (Wildman–Crippen LogP) is 4.30. The number of carbonyl (C=O) groups excluding carboxylic acids is 2. The van der Waals surface area contributed by atoms with Crippen LogP contribution in [0.15, 0.2) is 29.8 Å². The van der Waals surface area contributed by atoms with Crippen LogP contribution in [0.3, 0.4) is 0 Å². The predicted molar refractivity (Wildman–Crippen MR) is 106 cm³/mol. The Balaban J connectivity index is 2.75. The van der Waals surface area contributed by atoms with Gasteiger partial charge < -0.3 is 14.2 Å². The smallest absolute Gasteiger partial charge is 0.345 e. The van der Waals surface area contributed by atoms with Crippen LogP contribution in [-0.4, -0.2) is 39.8 Å². The first-order chi connectivity index (χ1) is 12.3. The van der Waals surface area contributed by atoms with Crippen molar-refractivity contribution >= 4 is 26.1 Å². The summed E-state index contributed by atoms with van der Waals surface area (Å²) < 4.78 is 15.6. The normalized spacial score (nSPS) is 10.8. The summed E-state index contributed by atoms with van der Waals surface area (Å²) >= 11 is 0. The Kier molecular flexibility index (Phi) is 9.13. The zero-order chi connectivity index (χ0) is 19.6. The number of hydrogen-bond donors (Lipinski definition) is 0. The molecule has 0 bridgehead atoms. The van der Waals surface area contributed by atoms with Crippen LogP contribution in [0.5, 0.6) is 5.75 Å². The lowest BCUT2D eigenvalue weighted by Crippen LogP contribution is -2.19. The lowest BCUT2D eigenvalue weighted by Gasteiger charge is -2.15. The number of benzene rings is 1. The Morgan fingerprint density at radius 3 is 1.96 bits per heavy atom. The minimum atomic E-state index is -1.03. The second kappa shape index (κ2) is 10.8. The maximum Gasteiger partial charge on any atom is 0.345 e. The van der Waals surface area contributed by atoms with E-state index in [1.807, 2.05) is 12.1 Å². The molecule has 0 unspecified atom stereocenters. The van der Waals surface area contributed by atoms with Gasteiger partial charge in [0.2, 0.25) is 0 Å². The highest BCUT2D eigenvalue weighted by Gasteiger charge is 2.20. The van der Waals surface area contributed by atoms with Crippen LogP contribution in [0.2, 0.25) is 25.7 Å². The molecule has 0 N–H and O–H groups in total. The number of esters is 2. The fourth-order valence-electron chi connectivity index (χ4n) is 2.24. The van der Waals surface area contributed by atoms with Gasteiger partial charge in [-0.3, -0.25) is 0 Å². The van der Waals surface area contributed by atoms with E-state index in [1.54, 1.807) is 26.0 Å². The van der Waals surface area contributed by atoms with E-state index in [1.165, 1.54) is 12.1 Å². The van der Waals surface area contributed by atoms with E-state index in [0.717, 1.165) is 12.2 Å². The van der Waals surface area contributed by atoms with Gasteiger partial charge in [0, 0.05) is 8.07 Å². The third-order valence-corrected chi connectivity index (χ3v) is 5.38. The number of hydrogen-bond acceptors (Lipinski definition) is 5. The molecule has 0 radical (unpaired) electrons. The van der Waals surface area contributed by atoms with Crippen molar-refractivity contribution < 1.29 is 23.8 Å². The van der Waals surface area contributed by atoms with Gasteiger partial charge in [-0.1, -0.05) is 37.8 Å². The van der Waals surface area contributed by atoms with E-state index >= 15 is 0 Å². The van der Waals surface area contributed by atoms with Crippen molar-refractivity contribution in [2.75, 3.05) is 19.8 Å². The van der Waals surface area contributed by atoms with E-state index in [0.29, 0.717) is 12.2 Å². The van der Waals surface area contributed by atoms with Crippen molar-refractivity contribution in [2.24, 2.45) is 0 Å². The van der Waals surface area contributed by atoms with Crippen LogP contribution in [0.4, 0.5) is 0 Å². The summed E-state index contributed by atoms with van der Waals surface area (Å²) in [4.78, 5) is 23.9. The second-order valence-electron chi connectivity index (χ2n) is 7.08. The van der Waals surface area contributed by atoms with Crippen LogP contribution in [0.1, 0.15) is 25.8 Å². The standard InChI is InChI=1S/C20H30O5Si/c1-6-23-19(21)18(20(22)24-7-2)15-16-9-11-17(12-10-16)25-13-8-14-26(3,4)5/h9-12,15H,6-8,13-14H2,1-5H3. The SMILES string of the molecule is CCOC(=O)C(=Cc1ccc(OCCC[Si](C)(C)C)cc1)C(=O)OCC. The van der Waals surface area contributed by atoms with Gasteiger partial charge in [0.15, 0.2) is 0 Å². The minimum Gasteiger partial charge on any atom is -0.494 e. The molecule has 1 rings (SSSR count). The number of carbonyl (C=O) groups is 2. The van der Waals surface area contributed by atoms with Crippen molar-refractivity contribution in [3.05, 3.63) is 35.4 Å². The summed E-state index contributed by atoms with van der Waals surface area (Å²) in [5, 5.41) is 0. The van der Waals surface area contributed by atoms with Crippen LogP contribution in [0, 0.1) is 0 Å². The molecule has 0 aliphatic carbocycles. The Bertz CT molecular complexity index is 594. The molecule has 144 valence electrons. The summed E-state index contributed by atoms with van der Waals surface area (Å²) in [6.07, 6.45) is 2.53. The first-order valence-corrected chi connectivity index (χ1v) is 12.8. The van der Waals surface area contributed by atoms with Crippen molar-refractivity contribution in [3.8, 4) is 5.75 Å². The molecule has 0 amide bonds. The average molecular weight is 379 g/mol. The highest BCUT2D eigenvalue weighted by molar-refractivity contribution is 6.76. The third-order valence-electron chi connectivity index (χ3n) is 3.52. The molecular formula is C20H30O5Si. The van der Waals surface area contributed by atoms with Crippen molar-refractivity contribution in [1.82, 2.24) is 0 Å². The first-order valence-electron chi connectivity index (χ1n) is 9.05. The van der Waals surface area contributed by atoms with Gasteiger partial charge in [-0.25, -0.2) is 9.59 Å². The molecule has 26 heavy (non-hydrogen) atoms. The molecule has 0 atom stereocenters. The number of ether oxygens (including phenoxy) is 3. The van der Waals surface area contributed by atoms with E-state index in [4.69, 9.17) is 14.2 Å². The highest BCUT2D eigenvalue weighted by Crippen LogP contribution is 2.17. The molecule has 0 saturated carbocycles. The molecule has 0 aromatic heterocycles. The highest BCUT2D eigenvalue weighted by atomic mass is 28.3. The lowest BCUT2D eigenvalue weighted by molar-refractivity contribution is -0.146. The fraction of sp³-hybridized carbons (Fsp3) is 0.500. The summed E-state index contributed by atoms with van der Waals surface area (Å²) in [5.41, 5.74) is 0.591. The van der Waals surface area contributed by atoms with E-state index < -0.39 is 20.0 Å². The van der Waals surface area contributed by atoms with Gasteiger partial charge in [0.25, 0.3) is 0 Å². The third kappa shape index (κ3) is 8.34. The molecular weight excluding hydrogens is 348 g/mol. The molecule has 1 aromatic rings. The Morgan fingerprint density at radius 1 is 0.962 bits per heavy atom. The first kappa shape index (κ1) is 22.0. The fourth-order valence-corrected chi connectivity index (χ4v) is 3.44. The van der Waals surface area contributed by atoms with E-state index in [-0.39, 0.29) is 18.8 Å². The van der Waals surface area contributed by atoms with Crippen molar-refractivity contribution in [1.29, 1.82) is 0 Å². The van der Waals surface area contributed by atoms with Crippen molar-refractivity contribution in [3.63, 3.8) is 0 Å². The minimum absolute atomic E-state index is 0.113. The summed E-state index contributed by atoms with van der Waals surface area (Å²) in [6, 6.07) is 8.48. The van der Waals surface area contributed by atoms with Crippen LogP contribution in [0.25, 0.3) is 6.08 Å². The zero-order valence-corrected chi connectivity index (χ0v) is 17.5. The maximum absolute atomic E-state index is 12.0. The monoisotopic (exact) mass is 378 g/mol. The van der Waals surface area contributed by atoms with Crippen LogP contribution >= 0.6 is 0 Å². The molecule has 0 spiro atoms. The number of rotatable bonds is 10. The van der Waals surface area contributed by atoms with Gasteiger partial charge in [0.1, 0.15) is 11.3 Å². The van der Waals surface area contributed by atoms with Gasteiger partial charge >= 0.3 is 11.9 Å². The molecule has 1 aromatic carbocycles. The lowest BCUT2D eigenvalue weighted by atomic mass is 10.1. The van der Waals surface area contributed by atoms with Crippen LogP contribution < -0.4 is 4.74 Å². The van der Waals surface area contributed by atoms with Gasteiger partial charge in [-0.15, -0.1) is 0 Å². The van der Waals surface area contributed by atoms with E-state index in [9.17, 15) is 9.59 Å². The summed E-state index contributed by atoms with van der Waals surface area (Å²) in [6.45, 7) is 11.5. The van der Waals surface area contributed by atoms with E-state index in [2.05, 4.69) is 19.6 Å². The van der Waals surface area contributed by atoms with Crippen LogP contribution in [-0.2, 0) is 19.1 Å². The Labute approximate surface area is 157 Å². The largest absolute Gasteiger partial charge is 0.494 e. The zero-order valence-electron chi connectivity index (χ0n) is 16.5. The summed E-state index contributed by atoms with van der Waals surface area (Å²) in [5.74, 6) is -0.596. The molecule has 6 heteroatoms. The van der Waals surface area contributed by atoms with Crippen molar-refractivity contribution in [2.45, 2.75) is 46.0 Å². The molecule has 5 nitrogen and oxygen atoms in total. The summed E-state index contributed by atoms with van der Waals surface area (Å²) in [7, 11) is -1.03. The van der Waals surface area contributed by atoms with Gasteiger partial charge in [-0.2, -0.15) is 0 Å². The maximum atomic E-state index is 12.0. The quantitative estimate of drug-likeness (QED) is 0.152. The van der Waals surface area contributed by atoms with Gasteiger partial charge in [0.05, 0.1) is 19.8 Å². The molecule has 0 aliphatic heterocycles. The Hall–Kier alpha value is -2.08. The molecule has 0 saturated heterocycles. The Morgan fingerprint density at radius 2 is 1.50 bits per heavy atom. The molecule has 0 aliphatic rings. The topological polar surface area (TPSA) is 61.8 Å². The second-order valence-corrected chi connectivity index (χ2v) is 12.7.